The van der Waals surface area contributed by atoms with Gasteiger partial charge in [0.05, 0.1) is 37.9 Å². The molecule has 1 aliphatic rings. The molecule has 3 aromatic heterocycles. The predicted octanol–water partition coefficient (Wildman–Crippen LogP) is 1.41. The molecule has 4 heterocycles. The first-order valence-electron chi connectivity index (χ1n) is 12.8. The van der Waals surface area contributed by atoms with Crippen molar-refractivity contribution in [3.63, 3.8) is 0 Å². The SMILES string of the molecule is COc1ccc(F)cc1CCn1c(=O)n(C2CCCNC2=O)c(=O)c2c(C)c(-n3nccn3)sc21.O=C(O)CCO. The zero-order valence-corrected chi connectivity index (χ0v) is 23.2. The molecule has 1 fully saturated rings. The highest BCUT2D eigenvalue weighted by atomic mass is 32.1. The Labute approximate surface area is 236 Å². The van der Waals surface area contributed by atoms with Gasteiger partial charge in [-0.15, -0.1) is 4.80 Å². The molecule has 1 aromatic carbocycles. The number of ether oxygens (including phenoxy) is 1. The number of aliphatic hydroxyl groups excluding tert-OH is 1. The summed E-state index contributed by atoms with van der Waals surface area (Å²) in [5.74, 6) is -1.23. The van der Waals surface area contributed by atoms with Gasteiger partial charge >= 0.3 is 11.7 Å². The zero-order chi connectivity index (χ0) is 29.7. The fraction of sp³-hybridized carbons (Fsp3) is 0.385. The fourth-order valence-electron chi connectivity index (χ4n) is 4.61. The molecule has 0 spiro atoms. The lowest BCUT2D eigenvalue weighted by Gasteiger charge is -2.24. The molecule has 1 aliphatic heterocycles. The van der Waals surface area contributed by atoms with E-state index in [1.165, 1.54) is 58.4 Å². The summed E-state index contributed by atoms with van der Waals surface area (Å²) in [4.78, 5) is 51.3. The molecule has 1 amide bonds. The highest BCUT2D eigenvalue weighted by molar-refractivity contribution is 7.21. The highest BCUT2D eigenvalue weighted by Crippen LogP contribution is 2.31. The van der Waals surface area contributed by atoms with Gasteiger partial charge in [-0.2, -0.15) is 10.2 Å². The Morgan fingerprint density at radius 1 is 1.24 bits per heavy atom. The molecule has 0 radical (unpaired) electrons. The number of carboxylic acids is 1. The van der Waals surface area contributed by atoms with E-state index in [-0.39, 0.29) is 31.9 Å². The lowest BCUT2D eigenvalue weighted by molar-refractivity contribution is -0.137. The van der Waals surface area contributed by atoms with E-state index < -0.39 is 29.1 Å². The van der Waals surface area contributed by atoms with Crippen LogP contribution in [0.3, 0.4) is 0 Å². The van der Waals surface area contributed by atoms with Crippen molar-refractivity contribution in [2.24, 2.45) is 0 Å². The third kappa shape index (κ3) is 6.20. The number of piperidine rings is 1. The predicted molar refractivity (Wildman–Crippen MR) is 147 cm³/mol. The summed E-state index contributed by atoms with van der Waals surface area (Å²) >= 11 is 1.22. The zero-order valence-electron chi connectivity index (χ0n) is 22.4. The number of hydrogen-bond acceptors (Lipinski definition) is 9. The quantitative estimate of drug-likeness (QED) is 0.275. The first-order valence-corrected chi connectivity index (χ1v) is 13.6. The van der Waals surface area contributed by atoms with Gasteiger partial charge in [0.15, 0.2) is 0 Å². The van der Waals surface area contributed by atoms with Crippen molar-refractivity contribution in [1.82, 2.24) is 29.4 Å². The molecule has 1 unspecified atom stereocenters. The Morgan fingerprint density at radius 3 is 2.59 bits per heavy atom. The number of aliphatic carboxylic acids is 1. The Hall–Kier alpha value is -4.37. The lowest BCUT2D eigenvalue weighted by atomic mass is 10.1. The Morgan fingerprint density at radius 2 is 1.98 bits per heavy atom. The summed E-state index contributed by atoms with van der Waals surface area (Å²) in [6.07, 6.45) is 4.22. The number of carboxylic acid groups (broad SMARTS) is 1. The maximum absolute atomic E-state index is 13.9. The van der Waals surface area contributed by atoms with Gasteiger partial charge in [-0.3, -0.25) is 19.0 Å². The van der Waals surface area contributed by atoms with Crippen molar-refractivity contribution in [2.75, 3.05) is 20.3 Å². The smallest absolute Gasteiger partial charge is 0.332 e. The molecule has 4 aromatic rings. The van der Waals surface area contributed by atoms with Crippen molar-refractivity contribution in [3.8, 4) is 10.8 Å². The second-order valence-corrected chi connectivity index (χ2v) is 10.1. The second-order valence-electron chi connectivity index (χ2n) is 9.16. The van der Waals surface area contributed by atoms with Gasteiger partial charge in [0.2, 0.25) is 5.91 Å². The minimum atomic E-state index is -0.961. The highest BCUT2D eigenvalue weighted by Gasteiger charge is 2.30. The van der Waals surface area contributed by atoms with E-state index in [1.807, 2.05) is 0 Å². The van der Waals surface area contributed by atoms with Crippen LogP contribution >= 0.6 is 11.3 Å². The first kappa shape index (κ1) is 29.6. The van der Waals surface area contributed by atoms with Crippen LogP contribution in [0.4, 0.5) is 4.39 Å². The van der Waals surface area contributed by atoms with E-state index in [2.05, 4.69) is 15.5 Å². The molecule has 1 saturated heterocycles. The van der Waals surface area contributed by atoms with Crippen molar-refractivity contribution in [2.45, 2.75) is 45.2 Å². The summed E-state index contributed by atoms with van der Waals surface area (Å²) in [6.45, 7) is 2.16. The van der Waals surface area contributed by atoms with Crippen LogP contribution in [0.25, 0.3) is 15.2 Å². The number of nitrogens with one attached hydrogen (secondary N) is 1. The average molecular weight is 589 g/mol. The molecular weight excluding hydrogens is 559 g/mol. The molecule has 1 atom stereocenters. The lowest BCUT2D eigenvalue weighted by Crippen LogP contribution is -2.49. The largest absolute Gasteiger partial charge is 0.496 e. The maximum atomic E-state index is 13.9. The van der Waals surface area contributed by atoms with Crippen LogP contribution in [0.15, 0.2) is 40.2 Å². The number of rotatable bonds is 8. The van der Waals surface area contributed by atoms with Crippen molar-refractivity contribution < 1.29 is 28.9 Å². The number of aliphatic hydroxyl groups is 1. The van der Waals surface area contributed by atoms with Gasteiger partial charge in [-0.25, -0.2) is 13.8 Å². The molecule has 5 rings (SSSR count). The van der Waals surface area contributed by atoms with Gasteiger partial charge in [-0.05, 0) is 49.9 Å². The van der Waals surface area contributed by atoms with Gasteiger partial charge in [-0.1, -0.05) is 11.3 Å². The van der Waals surface area contributed by atoms with Crippen molar-refractivity contribution in [1.29, 1.82) is 0 Å². The van der Waals surface area contributed by atoms with E-state index in [4.69, 9.17) is 14.9 Å². The number of hydrogen-bond donors (Lipinski definition) is 3. The number of benzene rings is 1. The standard InChI is InChI=1S/C23H23FN6O4S.C3H6O3/c1-13-18-20(32)29(16-4-3-8-25-19(16)31)23(33)28(22(18)35-21(13)30-26-9-10-27-30)11-7-14-12-15(24)5-6-17(14)34-2;4-2-1-3(5)6/h5-6,9-10,12,16H,3-4,7-8,11H2,1-2H3,(H,25,31);4H,1-2H2,(H,5,6). The minimum absolute atomic E-state index is 0.149. The normalized spacial score (nSPS) is 14.8. The third-order valence-electron chi connectivity index (χ3n) is 6.56. The van der Waals surface area contributed by atoms with Gasteiger partial charge in [0.25, 0.3) is 5.56 Å². The topological polar surface area (TPSA) is 171 Å². The first-order chi connectivity index (χ1) is 19.7. The molecule has 0 saturated carbocycles. The number of thiophene rings is 1. The summed E-state index contributed by atoms with van der Waals surface area (Å²) < 4.78 is 21.8. The van der Waals surface area contributed by atoms with Crippen molar-refractivity contribution in [3.05, 3.63) is 68.4 Å². The monoisotopic (exact) mass is 588 g/mol. The molecule has 15 heteroatoms. The van der Waals surface area contributed by atoms with Crippen LogP contribution < -0.4 is 21.3 Å². The molecule has 0 aliphatic carbocycles. The summed E-state index contributed by atoms with van der Waals surface area (Å²) in [5.41, 5.74) is 0.108. The van der Waals surface area contributed by atoms with E-state index in [0.29, 0.717) is 51.5 Å². The van der Waals surface area contributed by atoms with Gasteiger partial charge in [0, 0.05) is 18.7 Å². The van der Waals surface area contributed by atoms with Crippen LogP contribution in [-0.2, 0) is 22.6 Å². The van der Waals surface area contributed by atoms with E-state index >= 15 is 0 Å². The van der Waals surface area contributed by atoms with Crippen LogP contribution in [0.5, 0.6) is 5.75 Å². The maximum Gasteiger partial charge on any atom is 0.332 e. The van der Waals surface area contributed by atoms with Crippen LogP contribution in [0.2, 0.25) is 0 Å². The van der Waals surface area contributed by atoms with Crippen LogP contribution in [0, 0.1) is 12.7 Å². The summed E-state index contributed by atoms with van der Waals surface area (Å²) in [5, 5.41) is 27.6. The second kappa shape index (κ2) is 12.9. The molecule has 13 nitrogen and oxygen atoms in total. The van der Waals surface area contributed by atoms with Crippen molar-refractivity contribution >= 4 is 33.4 Å². The number of methoxy groups -OCH3 is 1. The summed E-state index contributed by atoms with van der Waals surface area (Å²) in [6, 6.07) is 3.31. The number of carbonyl (C=O) groups excluding carboxylic acids is 1. The number of nitrogens with zero attached hydrogens (tertiary/aromatic N) is 5. The fourth-order valence-corrected chi connectivity index (χ4v) is 5.85. The van der Waals surface area contributed by atoms with Crippen LogP contribution in [-0.4, -0.2) is 66.5 Å². The molecular formula is C26H29FN6O7S. The molecule has 41 heavy (non-hydrogen) atoms. The van der Waals surface area contributed by atoms with Crippen LogP contribution in [0.1, 0.15) is 36.4 Å². The molecule has 3 N–H and O–H groups in total. The molecule has 0 bridgehead atoms. The van der Waals surface area contributed by atoms with Gasteiger partial charge < -0.3 is 20.3 Å². The Bertz CT molecular complexity index is 1680. The number of carbonyl (C=O) groups is 2. The number of fused-ring (bicyclic) bond motifs is 1. The van der Waals surface area contributed by atoms with E-state index in [9.17, 15) is 23.6 Å². The Kier molecular flexibility index (Phi) is 9.29. The van der Waals surface area contributed by atoms with E-state index in [0.717, 1.165) is 4.57 Å². The van der Waals surface area contributed by atoms with Gasteiger partial charge in [0.1, 0.15) is 27.4 Å². The number of halogens is 1. The average Bonchev–Trinajstić information content (AvgIpc) is 3.58. The number of aryl methyl sites for hydroxylation is 3. The minimum Gasteiger partial charge on any atom is -0.496 e. The summed E-state index contributed by atoms with van der Waals surface area (Å²) in [7, 11) is 1.50. The third-order valence-corrected chi connectivity index (χ3v) is 7.84. The number of aromatic nitrogens is 5. The van der Waals surface area contributed by atoms with E-state index in [1.54, 1.807) is 6.92 Å². The Balaban J connectivity index is 0.000000585. The molecule has 218 valence electrons. The number of amides is 1.